The fraction of sp³-hybridized carbons (Fsp3) is 0.500. The third-order valence-corrected chi connectivity index (χ3v) is 5.10. The van der Waals surface area contributed by atoms with Gasteiger partial charge in [-0.2, -0.15) is 0 Å². The predicted molar refractivity (Wildman–Crippen MR) is 81.9 cm³/mol. The van der Waals surface area contributed by atoms with Crippen molar-refractivity contribution in [2.24, 2.45) is 0 Å². The smallest absolute Gasteiger partial charge is 0.304 e. The van der Waals surface area contributed by atoms with Crippen LogP contribution < -0.4 is 4.74 Å². The molecular weight excluding hydrogens is 319 g/mol. The van der Waals surface area contributed by atoms with Crippen LogP contribution in [0.25, 0.3) is 0 Å². The van der Waals surface area contributed by atoms with E-state index in [-0.39, 0.29) is 11.2 Å². The van der Waals surface area contributed by atoms with Gasteiger partial charge in [-0.15, -0.1) is 11.8 Å². The third-order valence-electron chi connectivity index (χ3n) is 3.38. The van der Waals surface area contributed by atoms with Crippen molar-refractivity contribution in [3.63, 3.8) is 0 Å². The Morgan fingerprint density at radius 1 is 1.35 bits per heavy atom. The number of hydrogen-bond acceptors (Lipinski definition) is 3. The van der Waals surface area contributed by atoms with E-state index in [1.54, 1.807) is 17.8 Å². The summed E-state index contributed by atoms with van der Waals surface area (Å²) in [6.45, 7) is 0. The lowest BCUT2D eigenvalue weighted by Gasteiger charge is -2.27. The molecule has 20 heavy (non-hydrogen) atoms. The molecule has 0 spiro atoms. The van der Waals surface area contributed by atoms with Gasteiger partial charge in [-0.05, 0) is 25.0 Å². The summed E-state index contributed by atoms with van der Waals surface area (Å²) in [6, 6.07) is 7.45. The first-order chi connectivity index (χ1) is 9.51. The van der Waals surface area contributed by atoms with E-state index in [0.717, 1.165) is 30.6 Å². The van der Waals surface area contributed by atoms with E-state index in [9.17, 15) is 4.79 Å². The standard InChI is InChI=1S/C14H16Cl2O3S/c15-13(16)19-10-5-1-2-6-11(10)20-14(9-12(17)18)7-3-4-8-14/h1-2,5-6,13H,3-4,7-9H2,(H,17,18). The van der Waals surface area contributed by atoms with Gasteiger partial charge < -0.3 is 9.84 Å². The first kappa shape index (κ1) is 15.8. The molecule has 1 aliphatic carbocycles. The lowest BCUT2D eigenvalue weighted by Crippen LogP contribution is -2.24. The molecule has 0 aromatic heterocycles. The van der Waals surface area contributed by atoms with Gasteiger partial charge in [-0.1, -0.05) is 48.2 Å². The number of alkyl halides is 2. The van der Waals surface area contributed by atoms with Crippen LogP contribution in [-0.2, 0) is 4.79 Å². The number of ether oxygens (including phenoxy) is 1. The Labute approximate surface area is 132 Å². The zero-order chi connectivity index (χ0) is 14.6. The molecule has 6 heteroatoms. The van der Waals surface area contributed by atoms with E-state index in [2.05, 4.69) is 0 Å². The Bertz CT molecular complexity index is 473. The lowest BCUT2D eigenvalue weighted by molar-refractivity contribution is -0.137. The molecule has 0 aliphatic heterocycles. The van der Waals surface area contributed by atoms with Gasteiger partial charge in [-0.25, -0.2) is 0 Å². The number of aliphatic carboxylic acids is 1. The fourth-order valence-corrected chi connectivity index (χ4v) is 4.28. The molecule has 0 saturated heterocycles. The molecule has 0 amide bonds. The second-order valence-corrected chi connectivity index (χ2v) is 7.41. The Morgan fingerprint density at radius 3 is 2.60 bits per heavy atom. The van der Waals surface area contributed by atoms with Gasteiger partial charge in [0.2, 0.25) is 5.02 Å². The van der Waals surface area contributed by atoms with Crippen molar-refractivity contribution in [2.75, 3.05) is 0 Å². The molecule has 1 fully saturated rings. The summed E-state index contributed by atoms with van der Waals surface area (Å²) >= 11 is 12.9. The van der Waals surface area contributed by atoms with Crippen molar-refractivity contribution in [1.82, 2.24) is 0 Å². The van der Waals surface area contributed by atoms with Crippen LogP contribution in [0.5, 0.6) is 5.75 Å². The van der Waals surface area contributed by atoms with Gasteiger partial charge in [0.05, 0.1) is 11.3 Å². The highest BCUT2D eigenvalue weighted by atomic mass is 35.5. The first-order valence-electron chi connectivity index (χ1n) is 6.45. The highest BCUT2D eigenvalue weighted by Crippen LogP contribution is 2.49. The lowest BCUT2D eigenvalue weighted by atomic mass is 10.0. The molecule has 1 aliphatic rings. The van der Waals surface area contributed by atoms with Crippen LogP contribution in [0.2, 0.25) is 0 Å². The van der Waals surface area contributed by atoms with Crippen molar-refractivity contribution < 1.29 is 14.6 Å². The van der Waals surface area contributed by atoms with Gasteiger partial charge in [-0.3, -0.25) is 4.79 Å². The van der Waals surface area contributed by atoms with E-state index in [0.29, 0.717) is 5.75 Å². The first-order valence-corrected chi connectivity index (χ1v) is 8.14. The summed E-state index contributed by atoms with van der Waals surface area (Å²) in [5.74, 6) is -0.158. The molecule has 3 nitrogen and oxygen atoms in total. The predicted octanol–water partition coefficient (Wildman–Crippen LogP) is 4.71. The number of halogens is 2. The largest absolute Gasteiger partial charge is 0.481 e. The summed E-state index contributed by atoms with van der Waals surface area (Å²) in [5.41, 5.74) is 0. The zero-order valence-corrected chi connectivity index (χ0v) is 13.2. The summed E-state index contributed by atoms with van der Waals surface area (Å²) in [5, 5.41) is 8.21. The number of benzene rings is 1. The fourth-order valence-electron chi connectivity index (χ4n) is 2.57. The van der Waals surface area contributed by atoms with E-state index in [1.807, 2.05) is 18.2 Å². The number of hydrogen-bond donors (Lipinski definition) is 1. The van der Waals surface area contributed by atoms with Crippen LogP contribution >= 0.6 is 35.0 Å². The van der Waals surface area contributed by atoms with Crippen LogP contribution in [0.3, 0.4) is 0 Å². The van der Waals surface area contributed by atoms with E-state index in [4.69, 9.17) is 33.0 Å². The maximum atomic E-state index is 11.1. The zero-order valence-electron chi connectivity index (χ0n) is 10.9. The molecule has 0 heterocycles. The minimum absolute atomic E-state index is 0.164. The summed E-state index contributed by atoms with van der Waals surface area (Å²) in [4.78, 5) is 12.0. The van der Waals surface area contributed by atoms with Gasteiger partial charge >= 0.3 is 5.97 Å². The van der Waals surface area contributed by atoms with Crippen LogP contribution in [0.15, 0.2) is 29.2 Å². The average molecular weight is 335 g/mol. The molecular formula is C14H16Cl2O3S. The summed E-state index contributed by atoms with van der Waals surface area (Å²) in [7, 11) is 0. The van der Waals surface area contributed by atoms with Gasteiger partial charge in [0.15, 0.2) is 0 Å². The quantitative estimate of drug-likeness (QED) is 0.765. The molecule has 2 rings (SSSR count). The van der Waals surface area contributed by atoms with Crippen molar-refractivity contribution >= 4 is 40.9 Å². The Morgan fingerprint density at radius 2 is 2.00 bits per heavy atom. The SMILES string of the molecule is O=C(O)CC1(Sc2ccccc2OC(Cl)Cl)CCCC1. The Kier molecular flexibility index (Phi) is 5.47. The molecule has 0 bridgehead atoms. The van der Waals surface area contributed by atoms with Gasteiger partial charge in [0.25, 0.3) is 0 Å². The van der Waals surface area contributed by atoms with Crippen molar-refractivity contribution in [3.05, 3.63) is 24.3 Å². The molecule has 1 saturated carbocycles. The molecule has 1 aromatic rings. The second kappa shape index (κ2) is 6.92. The van der Waals surface area contributed by atoms with Crippen LogP contribution in [0.4, 0.5) is 0 Å². The van der Waals surface area contributed by atoms with E-state index in [1.165, 1.54) is 0 Å². The molecule has 110 valence electrons. The Hall–Kier alpha value is -0.580. The number of thioether (sulfide) groups is 1. The van der Waals surface area contributed by atoms with E-state index >= 15 is 0 Å². The maximum Gasteiger partial charge on any atom is 0.304 e. The minimum atomic E-state index is -0.934. The number of para-hydroxylation sites is 1. The Balaban J connectivity index is 2.20. The van der Waals surface area contributed by atoms with Crippen molar-refractivity contribution in [2.45, 2.75) is 46.8 Å². The average Bonchev–Trinajstić information content (AvgIpc) is 2.78. The van der Waals surface area contributed by atoms with Gasteiger partial charge in [0.1, 0.15) is 5.75 Å². The number of carbonyl (C=O) groups is 1. The third kappa shape index (κ3) is 4.21. The second-order valence-electron chi connectivity index (χ2n) is 4.89. The molecule has 1 N–H and O–H groups in total. The van der Waals surface area contributed by atoms with Crippen molar-refractivity contribution in [1.29, 1.82) is 0 Å². The number of carboxylic acids is 1. The number of rotatable bonds is 6. The highest BCUT2D eigenvalue weighted by molar-refractivity contribution is 8.00. The van der Waals surface area contributed by atoms with Crippen LogP contribution in [0, 0.1) is 0 Å². The monoisotopic (exact) mass is 334 g/mol. The van der Waals surface area contributed by atoms with Crippen molar-refractivity contribution in [3.8, 4) is 5.75 Å². The van der Waals surface area contributed by atoms with Crippen LogP contribution in [-0.4, -0.2) is 20.8 Å². The van der Waals surface area contributed by atoms with Gasteiger partial charge in [0, 0.05) is 4.75 Å². The van der Waals surface area contributed by atoms with Crippen LogP contribution in [0.1, 0.15) is 32.1 Å². The summed E-state index contributed by atoms with van der Waals surface area (Å²) < 4.78 is 5.12. The normalized spacial score (nSPS) is 17.4. The topological polar surface area (TPSA) is 46.5 Å². The molecule has 0 atom stereocenters. The minimum Gasteiger partial charge on any atom is -0.481 e. The maximum absolute atomic E-state index is 11.1. The molecule has 0 unspecified atom stereocenters. The number of carboxylic acid groups (broad SMARTS) is 1. The molecule has 1 aromatic carbocycles. The highest BCUT2D eigenvalue weighted by Gasteiger charge is 2.37. The summed E-state index contributed by atoms with van der Waals surface area (Å²) in [6.07, 6.45) is 4.11. The molecule has 0 radical (unpaired) electrons. The van der Waals surface area contributed by atoms with E-state index < -0.39 is 11.0 Å².